The second-order valence-electron chi connectivity index (χ2n) is 1.62. The molecule has 1 rings (SSSR count). The molecule has 0 fully saturated rings. The van der Waals surface area contributed by atoms with E-state index in [1.54, 1.807) is 0 Å². The number of hydrogen-bond acceptors (Lipinski definition) is 4. The third-order valence-electron chi connectivity index (χ3n) is 0.973. The molecular formula is C4H8N4O. The molecule has 1 unspecified atom stereocenters. The van der Waals surface area contributed by atoms with Crippen LogP contribution in [0.5, 0.6) is 0 Å². The summed E-state index contributed by atoms with van der Waals surface area (Å²) in [5.41, 5.74) is 5.13. The van der Waals surface area contributed by atoms with Crippen molar-refractivity contribution in [2.45, 2.75) is 6.10 Å². The zero-order chi connectivity index (χ0) is 6.69. The Kier molecular flexibility index (Phi) is 1.76. The molecule has 4 N–H and O–H groups in total. The van der Waals surface area contributed by atoms with Crippen molar-refractivity contribution >= 4 is 0 Å². The molecule has 0 spiro atoms. The third-order valence-corrected chi connectivity index (χ3v) is 0.973. The Morgan fingerprint density at radius 2 is 2.67 bits per heavy atom. The number of aliphatic hydroxyl groups excluding tert-OH is 1. The van der Waals surface area contributed by atoms with Gasteiger partial charge in [0.25, 0.3) is 0 Å². The highest BCUT2D eigenvalue weighted by molar-refractivity contribution is 4.86. The van der Waals surface area contributed by atoms with Crippen LogP contribution in [0.15, 0.2) is 6.33 Å². The number of rotatable bonds is 2. The summed E-state index contributed by atoms with van der Waals surface area (Å²) in [5.74, 6) is 0.414. The van der Waals surface area contributed by atoms with E-state index < -0.39 is 6.10 Å². The van der Waals surface area contributed by atoms with Gasteiger partial charge in [0.2, 0.25) is 0 Å². The Balaban J connectivity index is 2.65. The summed E-state index contributed by atoms with van der Waals surface area (Å²) < 4.78 is 0. The molecule has 1 heterocycles. The molecule has 0 saturated carbocycles. The minimum atomic E-state index is -0.715. The molecule has 0 aromatic carbocycles. The lowest BCUT2D eigenvalue weighted by Crippen LogP contribution is -2.12. The van der Waals surface area contributed by atoms with Gasteiger partial charge in [-0.15, -0.1) is 0 Å². The zero-order valence-electron chi connectivity index (χ0n) is 4.78. The van der Waals surface area contributed by atoms with Crippen molar-refractivity contribution in [2.75, 3.05) is 6.54 Å². The van der Waals surface area contributed by atoms with Gasteiger partial charge in [-0.2, -0.15) is 5.10 Å². The average molecular weight is 128 g/mol. The lowest BCUT2D eigenvalue weighted by Gasteiger charge is -1.99. The maximum absolute atomic E-state index is 8.96. The molecule has 0 amide bonds. The van der Waals surface area contributed by atoms with Crippen molar-refractivity contribution in [1.82, 2.24) is 15.2 Å². The first-order valence-electron chi connectivity index (χ1n) is 2.58. The largest absolute Gasteiger partial charge is 0.384 e. The van der Waals surface area contributed by atoms with E-state index in [0.717, 1.165) is 0 Å². The van der Waals surface area contributed by atoms with Gasteiger partial charge in [0.1, 0.15) is 12.4 Å². The number of nitrogens with zero attached hydrogens (tertiary/aromatic N) is 2. The first-order valence-corrected chi connectivity index (χ1v) is 2.58. The molecule has 5 heteroatoms. The fourth-order valence-corrected chi connectivity index (χ4v) is 0.487. The maximum atomic E-state index is 8.96. The first kappa shape index (κ1) is 6.18. The second kappa shape index (κ2) is 2.56. The summed E-state index contributed by atoms with van der Waals surface area (Å²) in [7, 11) is 0. The monoisotopic (exact) mass is 128 g/mol. The molecule has 1 aromatic rings. The van der Waals surface area contributed by atoms with Crippen LogP contribution in [-0.4, -0.2) is 26.8 Å². The van der Waals surface area contributed by atoms with Crippen molar-refractivity contribution < 1.29 is 5.11 Å². The van der Waals surface area contributed by atoms with Crippen LogP contribution in [0.25, 0.3) is 0 Å². The topological polar surface area (TPSA) is 87.8 Å². The number of aromatic amines is 1. The van der Waals surface area contributed by atoms with E-state index >= 15 is 0 Å². The summed E-state index contributed by atoms with van der Waals surface area (Å²) in [5, 5.41) is 15.0. The fraction of sp³-hybridized carbons (Fsp3) is 0.500. The average Bonchev–Trinajstić information content (AvgIpc) is 2.37. The van der Waals surface area contributed by atoms with Crippen LogP contribution < -0.4 is 5.73 Å². The molecule has 0 aliphatic heterocycles. The summed E-state index contributed by atoms with van der Waals surface area (Å²) in [6, 6.07) is 0. The molecule has 0 aliphatic rings. The Bertz CT molecular complexity index is 161. The van der Waals surface area contributed by atoms with Gasteiger partial charge in [0.15, 0.2) is 5.82 Å². The van der Waals surface area contributed by atoms with E-state index in [4.69, 9.17) is 10.8 Å². The van der Waals surface area contributed by atoms with Gasteiger partial charge in [-0.05, 0) is 0 Å². The smallest absolute Gasteiger partial charge is 0.154 e. The van der Waals surface area contributed by atoms with Gasteiger partial charge in [-0.25, -0.2) is 4.98 Å². The molecule has 0 radical (unpaired) electrons. The third kappa shape index (κ3) is 1.24. The van der Waals surface area contributed by atoms with Crippen LogP contribution in [0.4, 0.5) is 0 Å². The van der Waals surface area contributed by atoms with Gasteiger partial charge in [-0.1, -0.05) is 0 Å². The quantitative estimate of drug-likeness (QED) is 0.466. The van der Waals surface area contributed by atoms with Crippen LogP contribution in [0.2, 0.25) is 0 Å². The van der Waals surface area contributed by atoms with Crippen LogP contribution in [-0.2, 0) is 0 Å². The molecule has 9 heavy (non-hydrogen) atoms. The van der Waals surface area contributed by atoms with Crippen LogP contribution in [0.1, 0.15) is 11.9 Å². The van der Waals surface area contributed by atoms with Gasteiger partial charge in [0, 0.05) is 6.54 Å². The number of H-pyrrole nitrogens is 1. The molecule has 50 valence electrons. The zero-order valence-corrected chi connectivity index (χ0v) is 4.78. The van der Waals surface area contributed by atoms with E-state index in [9.17, 15) is 0 Å². The van der Waals surface area contributed by atoms with Gasteiger partial charge in [-0.3, -0.25) is 5.10 Å². The Morgan fingerprint density at radius 3 is 3.11 bits per heavy atom. The Morgan fingerprint density at radius 1 is 1.89 bits per heavy atom. The Labute approximate surface area is 51.9 Å². The SMILES string of the molecule is NCC(O)c1ncn[nH]1. The number of nitrogens with two attached hydrogens (primary N) is 1. The number of hydrogen-bond donors (Lipinski definition) is 3. The number of aromatic nitrogens is 3. The van der Waals surface area contributed by atoms with Gasteiger partial charge in [0.05, 0.1) is 0 Å². The lowest BCUT2D eigenvalue weighted by atomic mass is 10.3. The predicted octanol–water partition coefficient (Wildman–Crippen LogP) is -1.20. The van der Waals surface area contributed by atoms with Crippen LogP contribution in [0.3, 0.4) is 0 Å². The summed E-state index contributed by atoms with van der Waals surface area (Å²) in [4.78, 5) is 3.69. The summed E-state index contributed by atoms with van der Waals surface area (Å²) >= 11 is 0. The van der Waals surface area contributed by atoms with E-state index in [2.05, 4.69) is 15.2 Å². The van der Waals surface area contributed by atoms with Crippen molar-refractivity contribution in [3.63, 3.8) is 0 Å². The molecule has 0 saturated heterocycles. The second-order valence-corrected chi connectivity index (χ2v) is 1.62. The minimum absolute atomic E-state index is 0.162. The number of nitrogens with one attached hydrogen (secondary N) is 1. The van der Waals surface area contributed by atoms with E-state index in [0.29, 0.717) is 5.82 Å². The van der Waals surface area contributed by atoms with E-state index in [1.807, 2.05) is 0 Å². The van der Waals surface area contributed by atoms with E-state index in [1.165, 1.54) is 6.33 Å². The summed E-state index contributed by atoms with van der Waals surface area (Å²) in [6.45, 7) is 0.162. The fourth-order valence-electron chi connectivity index (χ4n) is 0.487. The van der Waals surface area contributed by atoms with Gasteiger partial charge < -0.3 is 10.8 Å². The standard InChI is InChI=1S/C4H8N4O/c5-1-3(9)4-6-2-7-8-4/h2-3,9H,1,5H2,(H,6,7,8). The number of aliphatic hydroxyl groups is 1. The van der Waals surface area contributed by atoms with Crippen molar-refractivity contribution in [3.05, 3.63) is 12.2 Å². The van der Waals surface area contributed by atoms with Crippen molar-refractivity contribution in [3.8, 4) is 0 Å². The first-order chi connectivity index (χ1) is 4.34. The predicted molar refractivity (Wildman–Crippen MR) is 30.4 cm³/mol. The van der Waals surface area contributed by atoms with Crippen molar-refractivity contribution in [1.29, 1.82) is 0 Å². The van der Waals surface area contributed by atoms with Crippen molar-refractivity contribution in [2.24, 2.45) is 5.73 Å². The van der Waals surface area contributed by atoms with Crippen LogP contribution >= 0.6 is 0 Å². The molecule has 5 nitrogen and oxygen atoms in total. The minimum Gasteiger partial charge on any atom is -0.384 e. The molecule has 0 aliphatic carbocycles. The lowest BCUT2D eigenvalue weighted by molar-refractivity contribution is 0.177. The molecule has 1 atom stereocenters. The summed E-state index contributed by atoms with van der Waals surface area (Å²) in [6.07, 6.45) is 0.612. The normalized spacial score (nSPS) is 13.6. The van der Waals surface area contributed by atoms with Gasteiger partial charge >= 0.3 is 0 Å². The highest BCUT2D eigenvalue weighted by atomic mass is 16.3. The molecular weight excluding hydrogens is 120 g/mol. The highest BCUT2D eigenvalue weighted by Crippen LogP contribution is 2.00. The maximum Gasteiger partial charge on any atom is 0.154 e. The molecule has 0 bridgehead atoms. The Hall–Kier alpha value is -0.940. The highest BCUT2D eigenvalue weighted by Gasteiger charge is 2.05. The molecule has 1 aromatic heterocycles. The van der Waals surface area contributed by atoms with Crippen LogP contribution in [0, 0.1) is 0 Å². The van der Waals surface area contributed by atoms with E-state index in [-0.39, 0.29) is 6.54 Å².